The third-order valence-electron chi connectivity index (χ3n) is 24.1. The Labute approximate surface area is 444 Å². The van der Waals surface area contributed by atoms with Crippen LogP contribution in [0.4, 0.5) is 0 Å². The van der Waals surface area contributed by atoms with Crippen LogP contribution >= 0.6 is 0 Å². The van der Waals surface area contributed by atoms with Gasteiger partial charge in [-0.1, -0.05) is 111 Å². The minimum absolute atomic E-state index is 0.0926. The second-order valence-corrected chi connectivity index (χ2v) is 28.4. The Morgan fingerprint density at radius 1 is 0.824 bits per heavy atom. The van der Waals surface area contributed by atoms with Crippen molar-refractivity contribution in [2.45, 2.75) is 245 Å². The monoisotopic (exact) mass is 1010 g/mol. The van der Waals surface area contributed by atoms with Gasteiger partial charge in [0.2, 0.25) is 0 Å². The number of aromatic nitrogens is 2. The zero-order valence-corrected chi connectivity index (χ0v) is 47.0. The van der Waals surface area contributed by atoms with Gasteiger partial charge in [-0.15, -0.1) is 0 Å². The van der Waals surface area contributed by atoms with Gasteiger partial charge in [-0.05, 0) is 177 Å². The number of nitrogens with zero attached hydrogens (tertiary/aromatic N) is 1. The Bertz CT molecular complexity index is 2640. The lowest BCUT2D eigenvalue weighted by atomic mass is 9.33. The highest BCUT2D eigenvalue weighted by Gasteiger charge is 2.75. The van der Waals surface area contributed by atoms with Crippen LogP contribution in [0.3, 0.4) is 0 Å². The second-order valence-electron chi connectivity index (χ2n) is 28.4. The van der Waals surface area contributed by atoms with Crippen LogP contribution < -0.4 is 0 Å². The van der Waals surface area contributed by atoms with Crippen LogP contribution in [0.5, 0.6) is 0 Å². The molecule has 7 fully saturated rings. The van der Waals surface area contributed by atoms with Gasteiger partial charge in [-0.3, -0.25) is 9.59 Å². The quantitative estimate of drug-likeness (QED) is 0.123. The van der Waals surface area contributed by atoms with Crippen LogP contribution in [0.1, 0.15) is 230 Å². The van der Waals surface area contributed by atoms with Crippen LogP contribution in [0.15, 0.2) is 41.7 Å². The fraction of sp³-hybridized carbons (Fsp3) is 0.758. The summed E-state index contributed by atoms with van der Waals surface area (Å²) >= 11 is 0. The number of fused-ring (bicyclic) bond motifs is 4. The van der Waals surface area contributed by atoms with Crippen molar-refractivity contribution in [1.82, 2.24) is 9.55 Å². The molecule has 3 aliphatic heterocycles. The Kier molecular flexibility index (Phi) is 13.1. The number of carbonyl (C=O) groups excluding carboxylic acids is 2. The largest absolute Gasteiger partial charge is 0.392 e. The smallest absolute Gasteiger partial charge is 0.163 e. The molecule has 2 saturated heterocycles. The van der Waals surface area contributed by atoms with Crippen molar-refractivity contribution in [3.63, 3.8) is 0 Å². The third-order valence-corrected chi connectivity index (χ3v) is 24.1. The van der Waals surface area contributed by atoms with Crippen molar-refractivity contribution in [1.29, 1.82) is 0 Å². The average Bonchev–Trinajstić information content (AvgIpc) is 3.94. The van der Waals surface area contributed by atoms with Crippen molar-refractivity contribution in [3.05, 3.63) is 69.6 Å². The molecule has 0 bridgehead atoms. The summed E-state index contributed by atoms with van der Waals surface area (Å²) in [5.74, 6) is 1.86. The number of allylic oxidation sites excluding steroid dienone is 1. The molecule has 3 N–H and O–H groups in total. The highest BCUT2D eigenvalue weighted by molar-refractivity contribution is 6.03. The molecule has 74 heavy (non-hydrogen) atoms. The van der Waals surface area contributed by atoms with Gasteiger partial charge < -0.3 is 29.2 Å². The molecule has 5 heterocycles. The van der Waals surface area contributed by atoms with Crippen LogP contribution in [-0.4, -0.2) is 68.5 Å². The third kappa shape index (κ3) is 7.89. The minimum atomic E-state index is -0.723. The van der Waals surface area contributed by atoms with Gasteiger partial charge in [-0.2, -0.15) is 0 Å². The first-order valence-corrected chi connectivity index (χ1v) is 30.6. The number of aliphatic hydroxyl groups is 2. The van der Waals surface area contributed by atoms with Crippen LogP contribution in [0.25, 0.3) is 11.0 Å². The van der Waals surface area contributed by atoms with Crippen molar-refractivity contribution < 1.29 is 29.3 Å². The molecule has 0 spiro atoms. The van der Waals surface area contributed by atoms with E-state index in [0.717, 1.165) is 109 Å². The maximum absolute atomic E-state index is 16.4. The molecule has 12 rings (SSSR count). The summed E-state index contributed by atoms with van der Waals surface area (Å²) in [4.78, 5) is 35.0. The van der Waals surface area contributed by atoms with Crippen molar-refractivity contribution >= 4 is 22.6 Å². The molecule has 5 saturated carbocycles. The number of ether oxygens (including phenoxy) is 2. The standard InChI is InChI=1S/C66H94N2O6/c1-9-10-12-21-49-58(72)54-53-48(57(71)59-63(5)28-24-52(70)65(7,47-19-15-16-20-47)51(63)23-29-64(59,6)66(49,53)8)39-68-38-46(55-56(68)43(37-67-55)22-27-62(54,4)36-50(69)60-61(2,3)74-60)34-40-32-44(41-17-13-11-14-18-41)35-45(33-40)42-25-30-73-31-26-42/h32-33,35,37-38,41-42,47-51,57,59-60,67,69,71H,9-31,34,36,39H2,1-8H3. The minimum Gasteiger partial charge on any atom is -0.392 e. The van der Waals surface area contributed by atoms with E-state index in [1.165, 1.54) is 89.4 Å². The first-order chi connectivity index (χ1) is 35.4. The molecule has 6 aliphatic carbocycles. The number of hydrogen-bond donors (Lipinski definition) is 3. The lowest BCUT2D eigenvalue weighted by molar-refractivity contribution is -0.233. The number of benzene rings is 1. The Hall–Kier alpha value is -3.04. The predicted molar refractivity (Wildman–Crippen MR) is 294 cm³/mol. The number of aromatic amines is 1. The number of Topliss-reactive ketones (excluding diaryl/α,β-unsaturated/α-hetero) is 2. The molecular formula is C66H94N2O6. The highest BCUT2D eigenvalue weighted by Crippen LogP contribution is 2.78. The average molecular weight is 1010 g/mol. The molecular weight excluding hydrogens is 917 g/mol. The van der Waals surface area contributed by atoms with E-state index in [2.05, 4.69) is 95.5 Å². The summed E-state index contributed by atoms with van der Waals surface area (Å²) in [5.41, 5.74) is 8.90. The number of unbranched alkanes of at least 4 members (excludes halogenated alkanes) is 2. The Morgan fingerprint density at radius 2 is 1.51 bits per heavy atom. The van der Waals surface area contributed by atoms with E-state index < -0.39 is 34.1 Å². The Morgan fingerprint density at radius 3 is 2.20 bits per heavy atom. The lowest BCUT2D eigenvalue weighted by Crippen LogP contribution is -2.69. The van der Waals surface area contributed by atoms with Gasteiger partial charge >= 0.3 is 0 Å². The topological polar surface area (TPSA) is 117 Å². The number of nitrogens with one attached hydrogen (secondary N) is 1. The molecule has 404 valence electrons. The van der Waals surface area contributed by atoms with E-state index in [0.29, 0.717) is 42.9 Å². The fourth-order valence-electron chi connectivity index (χ4n) is 20.1. The summed E-state index contributed by atoms with van der Waals surface area (Å²) in [7, 11) is 0. The number of H-pyrrole nitrogens is 1. The first kappa shape index (κ1) is 51.7. The normalized spacial score (nSPS) is 39.1. The summed E-state index contributed by atoms with van der Waals surface area (Å²) in [6.45, 7) is 20.9. The number of epoxide rings is 1. The van der Waals surface area contributed by atoms with Crippen molar-refractivity contribution in [2.24, 2.45) is 56.7 Å². The van der Waals surface area contributed by atoms with Gasteiger partial charge in [0.25, 0.3) is 0 Å². The van der Waals surface area contributed by atoms with Crippen LogP contribution in [0.2, 0.25) is 0 Å². The highest BCUT2D eigenvalue weighted by atomic mass is 16.6. The van der Waals surface area contributed by atoms with Gasteiger partial charge in [0.05, 0.1) is 28.8 Å². The molecule has 8 nitrogen and oxygen atoms in total. The maximum atomic E-state index is 16.4. The Balaban J connectivity index is 1.02. The molecule has 12 atom stereocenters. The number of rotatable bonds is 12. The van der Waals surface area contributed by atoms with Gasteiger partial charge in [0.15, 0.2) is 5.78 Å². The summed E-state index contributed by atoms with van der Waals surface area (Å²) in [6, 6.07) is 7.64. The van der Waals surface area contributed by atoms with Crippen LogP contribution in [-0.2, 0) is 38.4 Å². The molecule has 1 aromatic carbocycles. The van der Waals surface area contributed by atoms with Gasteiger partial charge in [-0.25, -0.2) is 0 Å². The second kappa shape index (κ2) is 18.8. The first-order valence-electron chi connectivity index (χ1n) is 30.6. The summed E-state index contributed by atoms with van der Waals surface area (Å²) in [5, 5.41) is 26.5. The number of aliphatic hydroxyl groups excluding tert-OH is 2. The molecule has 8 heteroatoms. The van der Waals surface area contributed by atoms with Crippen LogP contribution in [0, 0.1) is 56.7 Å². The van der Waals surface area contributed by atoms with E-state index in [1.807, 2.05) is 0 Å². The number of aryl methyl sites for hydroxylation is 1. The van der Waals surface area contributed by atoms with E-state index in [9.17, 15) is 15.0 Å². The SMILES string of the molecule is CCCCCC1C(=O)C2=C3C(Cn4cc(Cc5cc(C6CCCCC6)cc(C6CCOCC6)c5)c5[nH]cc(c54)CCC2(C)CC(O)C2OC2(C)C)C(O)C2C4(C)CCC(=O)C(C)(C5CCCC5)C4CCC2(C)C31C. The fourth-order valence-corrected chi connectivity index (χ4v) is 20.1. The molecule has 9 aliphatic rings. The zero-order chi connectivity index (χ0) is 51.7. The summed E-state index contributed by atoms with van der Waals surface area (Å²) in [6.07, 6.45) is 26.3. The molecule has 0 amide bonds. The van der Waals surface area contributed by atoms with Crippen molar-refractivity contribution in [3.8, 4) is 0 Å². The molecule has 0 radical (unpaired) electrons. The van der Waals surface area contributed by atoms with E-state index in [-0.39, 0.29) is 46.4 Å². The lowest BCUT2D eigenvalue weighted by Gasteiger charge is -2.71. The van der Waals surface area contributed by atoms with Gasteiger partial charge in [0, 0.05) is 73.2 Å². The van der Waals surface area contributed by atoms with E-state index >= 15 is 4.79 Å². The number of ketones is 2. The van der Waals surface area contributed by atoms with E-state index in [4.69, 9.17) is 9.47 Å². The predicted octanol–water partition coefficient (Wildman–Crippen LogP) is 14.1. The maximum Gasteiger partial charge on any atom is 0.163 e. The molecule has 2 aromatic heterocycles. The van der Waals surface area contributed by atoms with Gasteiger partial charge in [0.1, 0.15) is 11.9 Å². The van der Waals surface area contributed by atoms with E-state index in [1.54, 1.807) is 0 Å². The number of hydrogen-bond acceptors (Lipinski definition) is 6. The molecule has 3 aromatic rings. The van der Waals surface area contributed by atoms with Crippen molar-refractivity contribution in [2.75, 3.05) is 13.2 Å². The zero-order valence-electron chi connectivity index (χ0n) is 47.0. The molecule has 12 unspecified atom stereocenters. The number of carbonyl (C=O) groups is 2. The summed E-state index contributed by atoms with van der Waals surface area (Å²) < 4.78 is 14.6.